The molecule has 1 unspecified atom stereocenters. The zero-order valence-electron chi connectivity index (χ0n) is 5.24. The molecule has 1 rings (SSSR count). The summed E-state index contributed by atoms with van der Waals surface area (Å²) in [6.07, 6.45) is 0. The Balaban J connectivity index is 3.07. The summed E-state index contributed by atoms with van der Waals surface area (Å²) >= 11 is 0. The van der Waals surface area contributed by atoms with Gasteiger partial charge in [0.05, 0.1) is 0 Å². The van der Waals surface area contributed by atoms with Gasteiger partial charge in [0.25, 0.3) is 0 Å². The van der Waals surface area contributed by atoms with Crippen molar-refractivity contribution in [3.63, 3.8) is 0 Å². The molecule has 0 spiro atoms. The number of carbonyl (C=O) groups is 1. The fraction of sp³-hybridized carbons (Fsp3) is 0. The van der Waals surface area contributed by atoms with Crippen molar-refractivity contribution >= 4 is 14.8 Å². The van der Waals surface area contributed by atoms with Gasteiger partial charge in [-0.25, -0.2) is 0 Å². The molecule has 52 valence electrons. The Morgan fingerprint density at radius 3 is 2.60 bits per heavy atom. The third-order valence-electron chi connectivity index (χ3n) is 1.13. The zero-order valence-corrected chi connectivity index (χ0v) is 6.40. The number of hydrogen-bond donors (Lipinski definition) is 1. The number of rotatable bonds is 1. The summed E-state index contributed by atoms with van der Waals surface area (Å²) in [5.41, 5.74) is 0.390. The largest absolute Gasteiger partial charge is 0.508 e. The van der Waals surface area contributed by atoms with Gasteiger partial charge in [-0.3, -0.25) is 4.79 Å². The average molecular weight is 154 g/mol. The van der Waals surface area contributed by atoms with Gasteiger partial charge in [0.2, 0.25) is 0 Å². The summed E-state index contributed by atoms with van der Waals surface area (Å²) in [6, 6.07) is 6.23. The minimum Gasteiger partial charge on any atom is -0.508 e. The number of benzene rings is 1. The van der Waals surface area contributed by atoms with Crippen LogP contribution in [-0.4, -0.2) is 10.6 Å². The fourth-order valence-corrected chi connectivity index (χ4v) is 0.839. The molecule has 0 fully saturated rings. The van der Waals surface area contributed by atoms with Crippen LogP contribution in [0.15, 0.2) is 24.3 Å². The van der Waals surface area contributed by atoms with Gasteiger partial charge < -0.3 is 5.11 Å². The first-order valence-electron chi connectivity index (χ1n) is 2.79. The van der Waals surface area contributed by atoms with Crippen molar-refractivity contribution in [2.45, 2.75) is 0 Å². The molecule has 0 saturated heterocycles. The van der Waals surface area contributed by atoms with Crippen LogP contribution in [0, 0.1) is 0 Å². The van der Waals surface area contributed by atoms with Gasteiger partial charge >= 0.3 is 0 Å². The molecule has 0 radical (unpaired) electrons. The lowest BCUT2D eigenvalue weighted by Crippen LogP contribution is -1.84. The molecule has 1 atom stereocenters. The Bertz CT molecular complexity index is 258. The van der Waals surface area contributed by atoms with Crippen molar-refractivity contribution in [3.05, 3.63) is 29.8 Å². The highest BCUT2D eigenvalue weighted by Crippen LogP contribution is 2.12. The van der Waals surface area contributed by atoms with E-state index in [1.165, 1.54) is 12.1 Å². The molecule has 0 aromatic heterocycles. The zero-order chi connectivity index (χ0) is 7.56. The van der Waals surface area contributed by atoms with E-state index in [4.69, 9.17) is 5.11 Å². The van der Waals surface area contributed by atoms with Crippen molar-refractivity contribution < 1.29 is 9.90 Å². The summed E-state index contributed by atoms with van der Waals surface area (Å²) in [7, 11) is 2.04. The van der Waals surface area contributed by atoms with Crippen LogP contribution in [0.25, 0.3) is 0 Å². The molecule has 0 bridgehead atoms. The molecule has 0 aliphatic rings. The lowest BCUT2D eigenvalue weighted by atomic mass is 10.2. The first-order valence-corrected chi connectivity index (χ1v) is 3.37. The maximum Gasteiger partial charge on any atom is 0.178 e. The first-order chi connectivity index (χ1) is 4.70. The fourth-order valence-electron chi connectivity index (χ4n) is 0.659. The van der Waals surface area contributed by atoms with Crippen molar-refractivity contribution in [2.75, 3.05) is 0 Å². The van der Waals surface area contributed by atoms with Crippen molar-refractivity contribution in [1.82, 2.24) is 0 Å². The second kappa shape index (κ2) is 2.80. The number of hydrogen-bond acceptors (Lipinski definition) is 2. The molecule has 0 saturated carbocycles. The number of phenols is 1. The van der Waals surface area contributed by atoms with E-state index < -0.39 is 0 Å². The van der Waals surface area contributed by atoms with Crippen LogP contribution in [-0.2, 0) is 0 Å². The minimum atomic E-state index is -0.115. The van der Waals surface area contributed by atoms with Crippen LogP contribution >= 0.6 is 9.24 Å². The summed E-state index contributed by atoms with van der Waals surface area (Å²) in [4.78, 5) is 10.6. The van der Waals surface area contributed by atoms with Crippen molar-refractivity contribution in [3.8, 4) is 5.75 Å². The topological polar surface area (TPSA) is 37.3 Å². The van der Waals surface area contributed by atoms with Gasteiger partial charge in [-0.05, 0) is 12.1 Å². The highest BCUT2D eigenvalue weighted by Gasteiger charge is 1.97. The lowest BCUT2D eigenvalue weighted by molar-refractivity contribution is 0.108. The number of aromatic hydroxyl groups is 1. The molecule has 3 heteroatoms. The summed E-state index contributed by atoms with van der Waals surface area (Å²) < 4.78 is 0. The van der Waals surface area contributed by atoms with E-state index in [-0.39, 0.29) is 11.3 Å². The lowest BCUT2D eigenvalue weighted by Gasteiger charge is -1.93. The van der Waals surface area contributed by atoms with E-state index in [0.29, 0.717) is 5.56 Å². The van der Waals surface area contributed by atoms with E-state index in [9.17, 15) is 4.79 Å². The van der Waals surface area contributed by atoms with Crippen LogP contribution in [0.4, 0.5) is 0 Å². The normalized spacial score (nSPS) is 9.30. The molecule has 0 heterocycles. The Labute approximate surface area is 61.1 Å². The molecule has 1 aromatic rings. The Hall–Kier alpha value is -0.880. The minimum absolute atomic E-state index is 0.115. The molecule has 1 aromatic carbocycles. The molecular formula is C7H7O2P. The Morgan fingerprint density at radius 2 is 2.20 bits per heavy atom. The van der Waals surface area contributed by atoms with Gasteiger partial charge in [0.15, 0.2) is 5.52 Å². The third kappa shape index (κ3) is 1.55. The van der Waals surface area contributed by atoms with Crippen LogP contribution < -0.4 is 0 Å². The summed E-state index contributed by atoms with van der Waals surface area (Å²) in [5, 5.41) is 8.90. The van der Waals surface area contributed by atoms with Gasteiger partial charge in [-0.1, -0.05) is 21.4 Å². The van der Waals surface area contributed by atoms with Gasteiger partial charge in [-0.2, -0.15) is 0 Å². The van der Waals surface area contributed by atoms with E-state index >= 15 is 0 Å². The molecule has 0 aliphatic carbocycles. The molecule has 1 N–H and O–H groups in total. The monoisotopic (exact) mass is 154 g/mol. The highest BCUT2D eigenvalue weighted by atomic mass is 31.0. The maximum atomic E-state index is 10.6. The molecule has 0 aliphatic heterocycles. The predicted molar refractivity (Wildman–Crippen MR) is 42.1 cm³/mol. The Morgan fingerprint density at radius 1 is 1.50 bits per heavy atom. The van der Waals surface area contributed by atoms with Crippen molar-refractivity contribution in [1.29, 1.82) is 0 Å². The summed E-state index contributed by atoms with van der Waals surface area (Å²) in [5.74, 6) is 0.119. The molecular weight excluding hydrogens is 147 g/mol. The molecule has 2 nitrogen and oxygen atoms in total. The first kappa shape index (κ1) is 7.23. The predicted octanol–water partition coefficient (Wildman–Crippen LogP) is 1.41. The van der Waals surface area contributed by atoms with Crippen LogP contribution in [0.3, 0.4) is 0 Å². The standard InChI is InChI=1S/C7H7O2P/c8-6-3-1-2-5(4-6)7(9)10/h1-4,8H,10H2. The highest BCUT2D eigenvalue weighted by molar-refractivity contribution is 7.41. The van der Waals surface area contributed by atoms with Crippen LogP contribution in [0.2, 0.25) is 0 Å². The van der Waals surface area contributed by atoms with Gasteiger partial charge in [-0.15, -0.1) is 0 Å². The number of carbonyl (C=O) groups excluding carboxylic acids is 1. The van der Waals surface area contributed by atoms with Crippen LogP contribution in [0.1, 0.15) is 10.4 Å². The maximum absolute atomic E-state index is 10.6. The SMILES string of the molecule is O=C(P)c1cccc(O)c1. The van der Waals surface area contributed by atoms with Gasteiger partial charge in [0.1, 0.15) is 5.75 Å². The smallest absolute Gasteiger partial charge is 0.178 e. The number of phenolic OH excluding ortho intramolecular Hbond substituents is 1. The van der Waals surface area contributed by atoms with Crippen molar-refractivity contribution in [2.24, 2.45) is 0 Å². The molecule has 10 heavy (non-hydrogen) atoms. The van der Waals surface area contributed by atoms with E-state index in [2.05, 4.69) is 0 Å². The van der Waals surface area contributed by atoms with E-state index in [1.54, 1.807) is 12.1 Å². The third-order valence-corrected chi connectivity index (χ3v) is 1.46. The van der Waals surface area contributed by atoms with Gasteiger partial charge in [0, 0.05) is 5.56 Å². The second-order valence-corrected chi connectivity index (χ2v) is 2.44. The van der Waals surface area contributed by atoms with E-state index in [0.717, 1.165) is 0 Å². The van der Waals surface area contributed by atoms with Crippen LogP contribution in [0.5, 0.6) is 5.75 Å². The second-order valence-electron chi connectivity index (χ2n) is 1.91. The average Bonchev–Trinajstić information content (AvgIpc) is 1.88. The van der Waals surface area contributed by atoms with E-state index in [1.807, 2.05) is 9.24 Å². The summed E-state index contributed by atoms with van der Waals surface area (Å²) in [6.45, 7) is 0. The quantitative estimate of drug-likeness (QED) is 0.621. The molecule has 0 amide bonds. The Kier molecular flexibility index (Phi) is 2.03.